The van der Waals surface area contributed by atoms with Crippen LogP contribution in [-0.4, -0.2) is 9.91 Å². The van der Waals surface area contributed by atoms with E-state index in [1.165, 1.54) is 30.1 Å². The van der Waals surface area contributed by atoms with Crippen molar-refractivity contribution in [3.63, 3.8) is 0 Å². The van der Waals surface area contributed by atoms with Gasteiger partial charge in [-0.25, -0.2) is 9.37 Å². The average molecular weight is 289 g/mol. The lowest BCUT2D eigenvalue weighted by Gasteiger charge is -2.03. The quantitative estimate of drug-likeness (QED) is 0.490. The van der Waals surface area contributed by atoms with Gasteiger partial charge in [0.25, 0.3) is 5.69 Å². The van der Waals surface area contributed by atoms with Crippen molar-refractivity contribution in [2.45, 2.75) is 10.8 Å². The maximum atomic E-state index is 13.7. The van der Waals surface area contributed by atoms with Crippen molar-refractivity contribution in [1.29, 1.82) is 5.26 Å². The highest BCUT2D eigenvalue weighted by Crippen LogP contribution is 2.25. The lowest BCUT2D eigenvalue weighted by molar-refractivity contribution is -0.385. The summed E-state index contributed by atoms with van der Waals surface area (Å²) in [5, 5.41) is 19.9. The summed E-state index contributed by atoms with van der Waals surface area (Å²) in [7, 11) is 0. The number of pyridine rings is 1. The minimum Gasteiger partial charge on any atom is -0.258 e. The van der Waals surface area contributed by atoms with Gasteiger partial charge in [0.05, 0.1) is 27.6 Å². The number of hydrogen-bond donors (Lipinski definition) is 0. The van der Waals surface area contributed by atoms with E-state index in [4.69, 9.17) is 5.26 Å². The average Bonchev–Trinajstić information content (AvgIpc) is 2.46. The highest BCUT2D eigenvalue weighted by atomic mass is 32.2. The standard InChI is InChI=1S/C13H8FN3O2S/c14-12-6-11(17(18)19)2-1-10(12)8-20-13-5-9(7-15)3-4-16-13/h1-6H,8H2. The molecule has 0 radical (unpaired) electrons. The molecule has 0 bridgehead atoms. The van der Waals surface area contributed by atoms with E-state index >= 15 is 0 Å². The van der Waals surface area contributed by atoms with Crippen LogP contribution in [0.1, 0.15) is 11.1 Å². The molecule has 0 amide bonds. The number of aromatic nitrogens is 1. The molecule has 1 aromatic carbocycles. The molecule has 0 N–H and O–H groups in total. The molecule has 20 heavy (non-hydrogen) atoms. The van der Waals surface area contributed by atoms with Gasteiger partial charge in [0.2, 0.25) is 0 Å². The molecule has 0 aliphatic heterocycles. The van der Waals surface area contributed by atoms with E-state index in [0.717, 1.165) is 6.07 Å². The summed E-state index contributed by atoms with van der Waals surface area (Å²) in [6.45, 7) is 0. The Morgan fingerprint density at radius 2 is 2.20 bits per heavy atom. The van der Waals surface area contributed by atoms with E-state index in [-0.39, 0.29) is 11.4 Å². The summed E-state index contributed by atoms with van der Waals surface area (Å²) >= 11 is 1.26. The summed E-state index contributed by atoms with van der Waals surface area (Å²) < 4.78 is 13.7. The Kier molecular flexibility index (Phi) is 4.27. The third-order valence-electron chi connectivity index (χ3n) is 2.49. The third-order valence-corrected chi connectivity index (χ3v) is 3.46. The Hall–Kier alpha value is -2.46. The van der Waals surface area contributed by atoms with Gasteiger partial charge in [0.15, 0.2) is 0 Å². The van der Waals surface area contributed by atoms with Crippen LogP contribution >= 0.6 is 11.8 Å². The second kappa shape index (κ2) is 6.12. The molecular formula is C13H8FN3O2S. The zero-order valence-corrected chi connectivity index (χ0v) is 10.9. The Morgan fingerprint density at radius 3 is 2.85 bits per heavy atom. The minimum atomic E-state index is -0.641. The Bertz CT molecular complexity index is 700. The molecule has 100 valence electrons. The van der Waals surface area contributed by atoms with Gasteiger partial charge in [-0.15, -0.1) is 11.8 Å². The van der Waals surface area contributed by atoms with Crippen LogP contribution in [0.4, 0.5) is 10.1 Å². The second-order valence-electron chi connectivity index (χ2n) is 3.82. The SMILES string of the molecule is N#Cc1ccnc(SCc2ccc([N+](=O)[O-])cc2F)c1. The molecule has 1 heterocycles. The Balaban J connectivity index is 2.11. The predicted molar refractivity (Wildman–Crippen MR) is 71.6 cm³/mol. The molecule has 0 saturated carbocycles. The fourth-order valence-corrected chi connectivity index (χ4v) is 2.36. The summed E-state index contributed by atoms with van der Waals surface area (Å²) in [4.78, 5) is 13.9. The van der Waals surface area contributed by atoms with E-state index in [0.29, 0.717) is 16.2 Å². The van der Waals surface area contributed by atoms with Crippen LogP contribution in [0.5, 0.6) is 0 Å². The Labute approximate surface area is 118 Å². The zero-order valence-electron chi connectivity index (χ0n) is 10.1. The largest absolute Gasteiger partial charge is 0.272 e. The maximum absolute atomic E-state index is 13.7. The maximum Gasteiger partial charge on any atom is 0.272 e. The van der Waals surface area contributed by atoms with Gasteiger partial charge in [-0.1, -0.05) is 0 Å². The number of hydrogen-bond acceptors (Lipinski definition) is 5. The van der Waals surface area contributed by atoms with E-state index in [9.17, 15) is 14.5 Å². The molecule has 5 nitrogen and oxygen atoms in total. The first-order chi connectivity index (χ1) is 9.60. The molecule has 0 unspecified atom stereocenters. The number of nitrogens with zero attached hydrogens (tertiary/aromatic N) is 3. The summed E-state index contributed by atoms with van der Waals surface area (Å²) in [5.41, 5.74) is 0.553. The van der Waals surface area contributed by atoms with E-state index in [2.05, 4.69) is 4.98 Å². The van der Waals surface area contributed by atoms with Gasteiger partial charge in [0.1, 0.15) is 5.82 Å². The summed E-state index contributed by atoms with van der Waals surface area (Å²) in [5.74, 6) is -0.339. The molecule has 0 saturated heterocycles. The van der Waals surface area contributed by atoms with Crippen LogP contribution in [0.25, 0.3) is 0 Å². The third kappa shape index (κ3) is 3.30. The van der Waals surface area contributed by atoms with Crippen molar-refractivity contribution in [3.05, 3.63) is 63.6 Å². The van der Waals surface area contributed by atoms with Gasteiger partial charge >= 0.3 is 0 Å². The fourth-order valence-electron chi connectivity index (χ4n) is 1.48. The first-order valence-corrected chi connectivity index (χ1v) is 6.50. The fraction of sp³-hybridized carbons (Fsp3) is 0.0769. The number of halogens is 1. The molecule has 7 heteroatoms. The molecule has 0 spiro atoms. The molecular weight excluding hydrogens is 281 g/mol. The molecule has 2 aromatic rings. The predicted octanol–water partition coefficient (Wildman–Crippen LogP) is 3.29. The number of nitro benzene ring substituents is 1. The van der Waals surface area contributed by atoms with Gasteiger partial charge in [-0.2, -0.15) is 5.26 Å². The lowest BCUT2D eigenvalue weighted by Crippen LogP contribution is -1.93. The summed E-state index contributed by atoms with van der Waals surface area (Å²) in [6.07, 6.45) is 1.51. The van der Waals surface area contributed by atoms with Crippen molar-refractivity contribution < 1.29 is 9.31 Å². The highest BCUT2D eigenvalue weighted by molar-refractivity contribution is 7.98. The topological polar surface area (TPSA) is 79.8 Å². The number of benzene rings is 1. The smallest absolute Gasteiger partial charge is 0.258 e. The molecule has 0 aliphatic carbocycles. The van der Waals surface area contributed by atoms with E-state index in [1.807, 2.05) is 6.07 Å². The first kappa shape index (κ1) is 14.0. The van der Waals surface area contributed by atoms with Crippen molar-refractivity contribution in [2.24, 2.45) is 0 Å². The van der Waals surface area contributed by atoms with E-state index < -0.39 is 10.7 Å². The number of thioether (sulfide) groups is 1. The molecule has 2 rings (SSSR count). The molecule has 1 aromatic heterocycles. The summed E-state index contributed by atoms with van der Waals surface area (Å²) in [6, 6.07) is 8.72. The van der Waals surface area contributed by atoms with Crippen LogP contribution in [0, 0.1) is 27.3 Å². The number of rotatable bonds is 4. The van der Waals surface area contributed by atoms with Crippen LogP contribution in [0.15, 0.2) is 41.6 Å². The van der Waals surface area contributed by atoms with Crippen molar-refractivity contribution in [3.8, 4) is 6.07 Å². The van der Waals surface area contributed by atoms with Gasteiger partial charge < -0.3 is 0 Å². The van der Waals surface area contributed by atoms with Crippen LogP contribution in [0.3, 0.4) is 0 Å². The molecule has 0 fully saturated rings. The van der Waals surface area contributed by atoms with Gasteiger partial charge in [-0.05, 0) is 23.8 Å². The van der Waals surface area contributed by atoms with Crippen molar-refractivity contribution in [2.75, 3.05) is 0 Å². The minimum absolute atomic E-state index is 0.277. The van der Waals surface area contributed by atoms with Crippen molar-refractivity contribution >= 4 is 17.4 Å². The van der Waals surface area contributed by atoms with Crippen LogP contribution < -0.4 is 0 Å². The highest BCUT2D eigenvalue weighted by Gasteiger charge is 2.11. The Morgan fingerprint density at radius 1 is 1.40 bits per heavy atom. The van der Waals surface area contributed by atoms with Crippen LogP contribution in [0.2, 0.25) is 0 Å². The number of non-ortho nitro benzene ring substituents is 1. The molecule has 0 aliphatic rings. The van der Waals surface area contributed by atoms with Gasteiger partial charge in [0, 0.05) is 18.0 Å². The number of nitriles is 1. The molecule has 0 atom stereocenters. The van der Waals surface area contributed by atoms with E-state index in [1.54, 1.807) is 12.1 Å². The zero-order chi connectivity index (χ0) is 14.5. The first-order valence-electron chi connectivity index (χ1n) is 5.52. The monoisotopic (exact) mass is 289 g/mol. The van der Waals surface area contributed by atoms with Crippen LogP contribution in [-0.2, 0) is 5.75 Å². The van der Waals surface area contributed by atoms with Crippen molar-refractivity contribution in [1.82, 2.24) is 4.98 Å². The second-order valence-corrected chi connectivity index (χ2v) is 4.81. The van der Waals surface area contributed by atoms with Gasteiger partial charge in [-0.3, -0.25) is 10.1 Å². The number of nitro groups is 1. The normalized spacial score (nSPS) is 10.0. The lowest BCUT2D eigenvalue weighted by atomic mass is 10.2.